The van der Waals surface area contributed by atoms with Crippen molar-refractivity contribution in [1.82, 2.24) is 10.2 Å². The minimum atomic E-state index is -3.04. The van der Waals surface area contributed by atoms with E-state index in [9.17, 15) is 18.4 Å². The number of rotatable bonds is 8. The molecule has 1 N–H and O–H groups in total. The second-order valence-corrected chi connectivity index (χ2v) is 7.88. The molecule has 0 atom stereocenters. The number of para-hydroxylation sites is 1. The zero-order valence-electron chi connectivity index (χ0n) is 15.5. The predicted octanol–water partition coefficient (Wildman–Crippen LogP) is 4.47. The van der Waals surface area contributed by atoms with Crippen LogP contribution in [0, 0.1) is 0 Å². The Bertz CT molecular complexity index is 1030. The standard InChI is InChI=1S/C19H15F2N3O4S2/c1-27-16(26)12-8-6-11(7-9-12)10-29-19-24-23-18(30-19)22-15(25)13-4-2-3-5-14(13)28-17(20)21/h2-9,17H,10H2,1H3,(H,22,23,25). The van der Waals surface area contributed by atoms with Gasteiger partial charge in [0.05, 0.1) is 18.2 Å². The number of benzene rings is 2. The van der Waals surface area contributed by atoms with E-state index in [1.807, 2.05) is 12.1 Å². The van der Waals surface area contributed by atoms with Gasteiger partial charge in [-0.3, -0.25) is 10.1 Å². The van der Waals surface area contributed by atoms with E-state index in [4.69, 9.17) is 0 Å². The van der Waals surface area contributed by atoms with Gasteiger partial charge in [0.1, 0.15) is 5.75 Å². The van der Waals surface area contributed by atoms with Crippen molar-refractivity contribution in [2.45, 2.75) is 16.7 Å². The molecule has 0 unspecified atom stereocenters. The van der Waals surface area contributed by atoms with Crippen molar-refractivity contribution < 1.29 is 27.8 Å². The number of halogens is 2. The van der Waals surface area contributed by atoms with Crippen molar-refractivity contribution >= 4 is 40.1 Å². The number of amides is 1. The first-order valence-corrected chi connectivity index (χ1v) is 10.2. The third kappa shape index (κ3) is 5.74. The van der Waals surface area contributed by atoms with Gasteiger partial charge < -0.3 is 9.47 Å². The first-order chi connectivity index (χ1) is 14.5. The molecule has 1 amide bonds. The highest BCUT2D eigenvalue weighted by atomic mass is 32.2. The minimum absolute atomic E-state index is 0.0344. The van der Waals surface area contributed by atoms with Gasteiger partial charge in [0, 0.05) is 5.75 Å². The van der Waals surface area contributed by atoms with Gasteiger partial charge in [0.15, 0.2) is 4.34 Å². The van der Waals surface area contributed by atoms with Crippen LogP contribution in [0.4, 0.5) is 13.9 Å². The number of aromatic nitrogens is 2. The topological polar surface area (TPSA) is 90.4 Å². The van der Waals surface area contributed by atoms with Crippen LogP contribution in [-0.4, -0.2) is 35.8 Å². The van der Waals surface area contributed by atoms with Gasteiger partial charge in [-0.05, 0) is 29.8 Å². The summed E-state index contributed by atoms with van der Waals surface area (Å²) in [5, 5.41) is 10.7. The molecule has 1 heterocycles. The Labute approximate surface area is 178 Å². The summed E-state index contributed by atoms with van der Waals surface area (Å²) in [6.07, 6.45) is 0. The van der Waals surface area contributed by atoms with E-state index >= 15 is 0 Å². The lowest BCUT2D eigenvalue weighted by Gasteiger charge is -2.09. The number of thioether (sulfide) groups is 1. The zero-order chi connectivity index (χ0) is 21.5. The molecule has 0 aliphatic heterocycles. The number of hydrogen-bond donors (Lipinski definition) is 1. The van der Waals surface area contributed by atoms with E-state index in [1.165, 1.54) is 37.1 Å². The van der Waals surface area contributed by atoms with Gasteiger partial charge in [-0.15, -0.1) is 10.2 Å². The van der Waals surface area contributed by atoms with Crippen LogP contribution in [0.2, 0.25) is 0 Å². The third-order valence-corrected chi connectivity index (χ3v) is 5.76. The van der Waals surface area contributed by atoms with Gasteiger partial charge in [0.2, 0.25) is 5.13 Å². The second kappa shape index (κ2) is 10.1. The summed E-state index contributed by atoms with van der Waals surface area (Å²) in [6, 6.07) is 12.7. The number of nitrogens with zero attached hydrogens (tertiary/aromatic N) is 2. The van der Waals surface area contributed by atoms with Crippen LogP contribution >= 0.6 is 23.1 Å². The van der Waals surface area contributed by atoms with Gasteiger partial charge in [0.25, 0.3) is 5.91 Å². The van der Waals surface area contributed by atoms with Crippen LogP contribution in [0.5, 0.6) is 5.75 Å². The van der Waals surface area contributed by atoms with Crippen molar-refractivity contribution in [3.8, 4) is 5.75 Å². The minimum Gasteiger partial charge on any atom is -0.465 e. The molecule has 3 aromatic rings. The molecule has 3 rings (SSSR count). The fraction of sp³-hybridized carbons (Fsp3) is 0.158. The Morgan fingerprint density at radius 1 is 1.13 bits per heavy atom. The van der Waals surface area contributed by atoms with E-state index in [-0.39, 0.29) is 16.4 Å². The highest BCUT2D eigenvalue weighted by Crippen LogP contribution is 2.29. The van der Waals surface area contributed by atoms with Crippen molar-refractivity contribution in [2.24, 2.45) is 0 Å². The van der Waals surface area contributed by atoms with Gasteiger partial charge in [-0.2, -0.15) is 8.78 Å². The second-order valence-electron chi connectivity index (χ2n) is 5.68. The van der Waals surface area contributed by atoms with Crippen molar-refractivity contribution in [3.05, 3.63) is 65.2 Å². The SMILES string of the molecule is COC(=O)c1ccc(CSc2nnc(NC(=O)c3ccccc3OC(F)F)s2)cc1. The number of esters is 1. The molecular weight excluding hydrogens is 436 g/mol. The maximum absolute atomic E-state index is 12.5. The average molecular weight is 451 g/mol. The molecule has 0 saturated carbocycles. The quantitative estimate of drug-likeness (QED) is 0.307. The molecule has 1 aromatic heterocycles. The summed E-state index contributed by atoms with van der Waals surface area (Å²) in [4.78, 5) is 23.8. The molecule has 0 saturated heterocycles. The molecule has 0 bridgehead atoms. The molecule has 0 aliphatic rings. The van der Waals surface area contributed by atoms with E-state index < -0.39 is 18.5 Å². The predicted molar refractivity (Wildman–Crippen MR) is 108 cm³/mol. The summed E-state index contributed by atoms with van der Waals surface area (Å²) in [5.41, 5.74) is 1.39. The summed E-state index contributed by atoms with van der Waals surface area (Å²) in [7, 11) is 1.32. The van der Waals surface area contributed by atoms with E-state index in [2.05, 4.69) is 25.0 Å². The number of alkyl halides is 2. The highest BCUT2D eigenvalue weighted by Gasteiger charge is 2.17. The van der Waals surface area contributed by atoms with Crippen LogP contribution in [0.25, 0.3) is 0 Å². The van der Waals surface area contributed by atoms with Gasteiger partial charge in [-0.25, -0.2) is 4.79 Å². The van der Waals surface area contributed by atoms with Crippen LogP contribution in [0.1, 0.15) is 26.3 Å². The lowest BCUT2D eigenvalue weighted by molar-refractivity contribution is -0.0501. The van der Waals surface area contributed by atoms with Crippen LogP contribution in [0.3, 0.4) is 0 Å². The monoisotopic (exact) mass is 451 g/mol. The fourth-order valence-corrected chi connectivity index (χ4v) is 4.04. The number of carbonyl (C=O) groups excluding carboxylic acids is 2. The fourth-order valence-electron chi connectivity index (χ4n) is 2.34. The normalized spacial score (nSPS) is 10.7. The molecule has 0 radical (unpaired) electrons. The molecule has 156 valence electrons. The molecule has 30 heavy (non-hydrogen) atoms. The number of methoxy groups -OCH3 is 1. The first kappa shape index (κ1) is 21.7. The Morgan fingerprint density at radius 2 is 1.87 bits per heavy atom. The van der Waals surface area contributed by atoms with Crippen molar-refractivity contribution in [1.29, 1.82) is 0 Å². The van der Waals surface area contributed by atoms with Crippen molar-refractivity contribution in [2.75, 3.05) is 12.4 Å². The van der Waals surface area contributed by atoms with Crippen LogP contribution in [0.15, 0.2) is 52.9 Å². The molecule has 7 nitrogen and oxygen atoms in total. The van der Waals surface area contributed by atoms with Crippen LogP contribution < -0.4 is 10.1 Å². The van der Waals surface area contributed by atoms with Crippen LogP contribution in [-0.2, 0) is 10.5 Å². The molecule has 0 spiro atoms. The highest BCUT2D eigenvalue weighted by molar-refractivity contribution is 8.00. The van der Waals surface area contributed by atoms with E-state index in [0.717, 1.165) is 16.9 Å². The maximum atomic E-state index is 12.5. The average Bonchev–Trinajstić information content (AvgIpc) is 3.19. The summed E-state index contributed by atoms with van der Waals surface area (Å²) >= 11 is 2.55. The smallest absolute Gasteiger partial charge is 0.387 e. The molecule has 0 aliphatic carbocycles. The number of carbonyl (C=O) groups is 2. The number of hydrogen-bond acceptors (Lipinski definition) is 8. The molecule has 2 aromatic carbocycles. The zero-order valence-corrected chi connectivity index (χ0v) is 17.1. The Morgan fingerprint density at radius 3 is 2.57 bits per heavy atom. The third-order valence-electron chi connectivity index (χ3n) is 3.71. The Balaban J connectivity index is 1.59. The molecule has 0 fully saturated rings. The number of anilines is 1. The number of ether oxygens (including phenoxy) is 2. The summed E-state index contributed by atoms with van der Waals surface area (Å²) in [6.45, 7) is -3.04. The Kier molecular flexibility index (Phi) is 7.31. The maximum Gasteiger partial charge on any atom is 0.387 e. The van der Waals surface area contributed by atoms with Gasteiger partial charge >= 0.3 is 12.6 Å². The van der Waals surface area contributed by atoms with E-state index in [0.29, 0.717) is 15.7 Å². The summed E-state index contributed by atoms with van der Waals surface area (Å²) < 4.78 is 34.6. The van der Waals surface area contributed by atoms with E-state index in [1.54, 1.807) is 18.2 Å². The lowest BCUT2D eigenvalue weighted by atomic mass is 10.1. The Hall–Kier alpha value is -3.05. The van der Waals surface area contributed by atoms with Crippen molar-refractivity contribution in [3.63, 3.8) is 0 Å². The number of nitrogens with one attached hydrogen (secondary N) is 1. The lowest BCUT2D eigenvalue weighted by Crippen LogP contribution is -2.14. The molecule has 11 heteroatoms. The largest absolute Gasteiger partial charge is 0.465 e. The molecular formula is C19H15F2N3O4S2. The first-order valence-electron chi connectivity index (χ1n) is 8.45. The van der Waals surface area contributed by atoms with Gasteiger partial charge in [-0.1, -0.05) is 47.4 Å². The summed E-state index contributed by atoms with van der Waals surface area (Å²) in [5.74, 6) is -0.675.